The molecule has 6 unspecified atom stereocenters. The molecule has 0 aromatic rings. The number of allylic oxidation sites excluding steroid dienone is 6. The van der Waals surface area contributed by atoms with Crippen molar-refractivity contribution in [1.29, 1.82) is 0 Å². The predicted octanol–water partition coefficient (Wildman–Crippen LogP) is 11.8. The molecule has 6 atom stereocenters. The summed E-state index contributed by atoms with van der Waals surface area (Å²) in [4.78, 5) is 80.1. The zero-order chi connectivity index (χ0) is 59.9. The molecule has 0 aliphatic rings. The van der Waals surface area contributed by atoms with Crippen LogP contribution in [0.25, 0.3) is 0 Å². The van der Waals surface area contributed by atoms with Gasteiger partial charge in [-0.1, -0.05) is 76.5 Å². The summed E-state index contributed by atoms with van der Waals surface area (Å²) >= 11 is 5.25. The van der Waals surface area contributed by atoms with E-state index in [4.69, 9.17) is 28.4 Å². The molecule has 0 amide bonds. The van der Waals surface area contributed by atoms with Gasteiger partial charge in [-0.25, -0.2) is 0 Å². The Bertz CT molecular complexity index is 1690. The highest BCUT2D eigenvalue weighted by molar-refractivity contribution is 7.99. The van der Waals surface area contributed by atoms with Crippen molar-refractivity contribution in [3.63, 3.8) is 0 Å². The van der Waals surface area contributed by atoms with Gasteiger partial charge in [-0.3, -0.25) is 28.8 Å². The molecule has 80 heavy (non-hydrogen) atoms. The third-order valence-electron chi connectivity index (χ3n) is 13.2. The fourth-order valence-electron chi connectivity index (χ4n) is 7.86. The maximum atomic E-state index is 12.9. The fourth-order valence-corrected chi connectivity index (χ4v) is 11.5. The Morgan fingerprint density at radius 2 is 0.675 bits per heavy atom. The molecule has 0 heterocycles. The molecular formula is C62H110N2O13S3. The largest absolute Gasteiger partial charge is 0.462 e. The second-order valence-electron chi connectivity index (χ2n) is 22.4. The quantitative estimate of drug-likeness (QED) is 0.0262. The van der Waals surface area contributed by atoms with Gasteiger partial charge in [0.2, 0.25) is 0 Å². The number of rotatable bonds is 51. The average Bonchev–Trinajstić information content (AvgIpc) is 3.40. The van der Waals surface area contributed by atoms with Gasteiger partial charge in [-0.05, 0) is 154 Å². The number of esters is 6. The Morgan fingerprint density at radius 1 is 0.400 bits per heavy atom. The lowest BCUT2D eigenvalue weighted by Crippen LogP contribution is -2.35. The van der Waals surface area contributed by atoms with Crippen molar-refractivity contribution in [2.24, 2.45) is 35.5 Å². The van der Waals surface area contributed by atoms with Crippen molar-refractivity contribution >= 4 is 71.1 Å². The van der Waals surface area contributed by atoms with Crippen LogP contribution in [0, 0.1) is 35.5 Å². The second-order valence-corrected chi connectivity index (χ2v) is 25.8. The Labute approximate surface area is 497 Å². The van der Waals surface area contributed by atoms with Gasteiger partial charge in [0.25, 0.3) is 0 Å². The first-order valence-electron chi connectivity index (χ1n) is 29.8. The van der Waals surface area contributed by atoms with Crippen LogP contribution in [0.3, 0.4) is 0 Å². The van der Waals surface area contributed by atoms with Crippen LogP contribution in [0.5, 0.6) is 0 Å². The highest BCUT2D eigenvalue weighted by atomic mass is 32.2. The van der Waals surface area contributed by atoms with E-state index in [0.29, 0.717) is 67.6 Å². The number of carbonyl (C=O) groups is 6. The molecule has 0 aromatic heterocycles. The topological polar surface area (TPSA) is 185 Å². The Hall–Kier alpha value is -3.03. The molecule has 0 rings (SSSR count). The minimum Gasteiger partial charge on any atom is -0.462 e. The minimum absolute atomic E-state index is 0.0224. The van der Waals surface area contributed by atoms with Gasteiger partial charge >= 0.3 is 35.8 Å². The van der Waals surface area contributed by atoms with Crippen LogP contribution in [0.2, 0.25) is 0 Å². The summed E-state index contributed by atoms with van der Waals surface area (Å²) < 4.78 is 32.4. The van der Waals surface area contributed by atoms with E-state index in [9.17, 15) is 33.9 Å². The molecule has 0 aliphatic carbocycles. The number of thioether (sulfide) groups is 3. The third kappa shape index (κ3) is 47.5. The highest BCUT2D eigenvalue weighted by Crippen LogP contribution is 2.21. The van der Waals surface area contributed by atoms with E-state index in [1.54, 1.807) is 35.3 Å². The predicted molar refractivity (Wildman–Crippen MR) is 331 cm³/mol. The summed E-state index contributed by atoms with van der Waals surface area (Å²) in [6.45, 7) is 26.8. The first-order chi connectivity index (χ1) is 38.1. The van der Waals surface area contributed by atoms with Crippen molar-refractivity contribution in [2.45, 2.75) is 167 Å². The van der Waals surface area contributed by atoms with Gasteiger partial charge in [0.15, 0.2) is 0 Å². The Balaban J connectivity index is 5.05. The molecule has 0 radical (unpaired) electrons. The summed E-state index contributed by atoms with van der Waals surface area (Å²) in [7, 11) is 0. The van der Waals surface area contributed by atoms with E-state index >= 15 is 0 Å². The molecule has 18 heteroatoms. The summed E-state index contributed by atoms with van der Waals surface area (Å²) in [6.07, 6.45) is 17.6. The zero-order valence-electron chi connectivity index (χ0n) is 51.8. The smallest absolute Gasteiger partial charge is 0.309 e. The SMILES string of the molecule is CC(C)=CCCC(C)CCSCC(C)C(=O)OCCOC(=O)CCN(CCO)CCCN(CCC(=O)OCCOC(=O)C(C)CSCCC(C)CCC=C(C)C)CCC(=O)OCCOC(=O)C(C)CSCCC(C)CCC=C(C)C. The summed E-state index contributed by atoms with van der Waals surface area (Å²) in [6, 6.07) is 0. The average molecular weight is 1190 g/mol. The molecule has 464 valence electrons. The van der Waals surface area contributed by atoms with Crippen LogP contribution >= 0.6 is 35.3 Å². The van der Waals surface area contributed by atoms with E-state index in [1.165, 1.54) is 16.7 Å². The monoisotopic (exact) mass is 1190 g/mol. The molecule has 0 saturated heterocycles. The van der Waals surface area contributed by atoms with Gasteiger partial charge in [0.05, 0.1) is 43.6 Å². The number of nitrogens with zero attached hydrogens (tertiary/aromatic N) is 2. The van der Waals surface area contributed by atoms with Gasteiger partial charge in [-0.2, -0.15) is 35.3 Å². The summed E-state index contributed by atoms with van der Waals surface area (Å²) in [5.41, 5.74) is 4.02. The highest BCUT2D eigenvalue weighted by Gasteiger charge is 2.20. The van der Waals surface area contributed by atoms with Crippen LogP contribution in [0.15, 0.2) is 34.9 Å². The molecule has 0 bridgehead atoms. The zero-order valence-corrected chi connectivity index (χ0v) is 54.2. The van der Waals surface area contributed by atoms with Crippen molar-refractivity contribution in [3.8, 4) is 0 Å². The maximum absolute atomic E-state index is 12.9. The van der Waals surface area contributed by atoms with E-state index in [2.05, 4.69) is 80.5 Å². The molecule has 15 nitrogen and oxygen atoms in total. The molecule has 0 saturated carbocycles. The van der Waals surface area contributed by atoms with Gasteiger partial charge < -0.3 is 43.3 Å². The van der Waals surface area contributed by atoms with E-state index < -0.39 is 17.9 Å². The second kappa shape index (κ2) is 50.5. The summed E-state index contributed by atoms with van der Waals surface area (Å²) in [5.74, 6) is 3.63. The first-order valence-corrected chi connectivity index (χ1v) is 33.2. The molecular weight excluding hydrogens is 1080 g/mol. The summed E-state index contributed by atoms with van der Waals surface area (Å²) in [5, 5.41) is 9.81. The molecule has 0 aromatic carbocycles. The van der Waals surface area contributed by atoms with Crippen LogP contribution in [0.1, 0.15) is 167 Å². The lowest BCUT2D eigenvalue weighted by Gasteiger charge is -2.25. The molecule has 0 aliphatic heterocycles. The van der Waals surface area contributed by atoms with Crippen molar-refractivity contribution in [1.82, 2.24) is 9.80 Å². The molecule has 0 fully saturated rings. The minimum atomic E-state index is -0.472. The molecule has 1 N–H and O–H groups in total. The van der Waals surface area contributed by atoms with Gasteiger partial charge in [0.1, 0.15) is 39.6 Å². The number of hydrogen-bond acceptors (Lipinski definition) is 18. The lowest BCUT2D eigenvalue weighted by atomic mass is 10.0. The number of aliphatic hydroxyl groups is 1. The number of hydrogen-bond donors (Lipinski definition) is 1. The number of carbonyl (C=O) groups excluding carboxylic acids is 6. The van der Waals surface area contributed by atoms with Crippen LogP contribution in [-0.2, 0) is 57.2 Å². The van der Waals surface area contributed by atoms with Gasteiger partial charge in [-0.15, -0.1) is 0 Å². The van der Waals surface area contributed by atoms with Crippen LogP contribution in [0.4, 0.5) is 0 Å². The van der Waals surface area contributed by atoms with Crippen molar-refractivity contribution in [3.05, 3.63) is 34.9 Å². The maximum Gasteiger partial charge on any atom is 0.309 e. The van der Waals surface area contributed by atoms with E-state index in [-0.39, 0.29) is 114 Å². The van der Waals surface area contributed by atoms with E-state index in [0.717, 1.165) is 75.0 Å². The standard InChI is InChI=1S/C62H110N2O13S3/c1-48(2)17-13-20-51(7)26-42-78-45-54(10)60(69)75-39-36-72-57(66)23-31-63(32-24-58(67)73-37-40-76-61(70)55(11)46-79-43-27-52(8)21-14-18-49(3)4)29-16-30-64(34-35-65)33-25-59(68)74-38-41-77-62(71)56(12)47-80-44-28-53(9)22-15-19-50(5)6/h17-19,51-56,65H,13-16,20-47H2,1-12H3. The Morgan fingerprint density at radius 3 is 0.950 bits per heavy atom. The van der Waals surface area contributed by atoms with Crippen LogP contribution in [-0.4, -0.2) is 171 Å². The van der Waals surface area contributed by atoms with Crippen molar-refractivity contribution in [2.75, 3.05) is 120 Å². The Kier molecular flexibility index (Phi) is 48.6. The van der Waals surface area contributed by atoms with Gasteiger partial charge in [0, 0.05) is 43.4 Å². The first kappa shape index (κ1) is 77.0. The van der Waals surface area contributed by atoms with Crippen molar-refractivity contribution < 1.29 is 62.3 Å². The fraction of sp³-hybridized carbons (Fsp3) is 0.806. The normalized spacial score (nSPS) is 13.5. The number of ether oxygens (including phenoxy) is 6. The van der Waals surface area contributed by atoms with E-state index in [1.807, 2.05) is 30.6 Å². The third-order valence-corrected chi connectivity index (χ3v) is 17.0. The van der Waals surface area contributed by atoms with Crippen LogP contribution < -0.4 is 0 Å². The lowest BCUT2D eigenvalue weighted by molar-refractivity contribution is -0.154. The number of aliphatic hydroxyl groups excluding tert-OH is 1. The molecule has 0 spiro atoms.